The van der Waals surface area contributed by atoms with Crippen molar-refractivity contribution in [3.05, 3.63) is 35.9 Å². The molecular weight excluding hydrogens is 358 g/mol. The van der Waals surface area contributed by atoms with Crippen LogP contribution >= 0.6 is 0 Å². The highest BCUT2D eigenvalue weighted by molar-refractivity contribution is 5.68. The number of nitrogens with zero attached hydrogens (tertiary/aromatic N) is 2. The van der Waals surface area contributed by atoms with E-state index in [1.54, 1.807) is 16.8 Å². The van der Waals surface area contributed by atoms with Crippen molar-refractivity contribution in [2.24, 2.45) is 0 Å². The first-order chi connectivity index (χ1) is 13.2. The molecule has 2 amide bonds. The summed E-state index contributed by atoms with van der Waals surface area (Å²) in [4.78, 5) is 27.6. The van der Waals surface area contributed by atoms with Crippen molar-refractivity contribution < 1.29 is 19.1 Å². The van der Waals surface area contributed by atoms with Crippen LogP contribution < -0.4 is 5.32 Å². The van der Waals surface area contributed by atoms with E-state index >= 15 is 0 Å². The van der Waals surface area contributed by atoms with Gasteiger partial charge in [0.1, 0.15) is 12.2 Å². The Kier molecular flexibility index (Phi) is 8.11. The fourth-order valence-electron chi connectivity index (χ4n) is 2.99. The monoisotopic (exact) mass is 391 g/mol. The summed E-state index contributed by atoms with van der Waals surface area (Å²) in [6.07, 6.45) is 1.32. The van der Waals surface area contributed by atoms with E-state index in [9.17, 15) is 9.59 Å². The summed E-state index contributed by atoms with van der Waals surface area (Å²) < 4.78 is 10.8. The first-order valence-corrected chi connectivity index (χ1v) is 9.88. The van der Waals surface area contributed by atoms with Gasteiger partial charge in [0.2, 0.25) is 0 Å². The molecular formula is C21H33N3O4. The number of hydrogen-bond donors (Lipinski definition) is 1. The van der Waals surface area contributed by atoms with Crippen molar-refractivity contribution >= 4 is 12.2 Å². The number of amides is 2. The van der Waals surface area contributed by atoms with Crippen molar-refractivity contribution in [2.45, 2.75) is 51.9 Å². The molecule has 1 aliphatic heterocycles. The molecule has 0 saturated carbocycles. The average Bonchev–Trinajstić information content (AvgIpc) is 2.65. The number of likely N-dealkylation sites (N-methyl/N-ethyl adjacent to an activating group) is 1. The van der Waals surface area contributed by atoms with Crippen LogP contribution in [-0.2, 0) is 16.1 Å². The van der Waals surface area contributed by atoms with Crippen molar-refractivity contribution in [1.29, 1.82) is 0 Å². The molecule has 7 heteroatoms. The average molecular weight is 392 g/mol. The maximum Gasteiger partial charge on any atom is 0.410 e. The summed E-state index contributed by atoms with van der Waals surface area (Å²) in [6.45, 7) is 8.36. The van der Waals surface area contributed by atoms with Gasteiger partial charge in [-0.3, -0.25) is 0 Å². The predicted molar refractivity (Wildman–Crippen MR) is 108 cm³/mol. The van der Waals surface area contributed by atoms with Crippen LogP contribution in [0.2, 0.25) is 0 Å². The standard InChI is InChI=1S/C21H33N3O4/c1-21(2,3)28-19(25)23(4)14-12-22-18-11-8-13-24(15-18)20(26)27-16-17-9-6-5-7-10-17/h5-7,9-10,18,22H,8,11-16H2,1-4H3/t18-/m0/s1. The van der Waals surface area contributed by atoms with Crippen LogP contribution in [0.5, 0.6) is 0 Å². The van der Waals surface area contributed by atoms with Gasteiger partial charge in [0, 0.05) is 39.3 Å². The Morgan fingerprint density at radius 2 is 1.96 bits per heavy atom. The zero-order valence-electron chi connectivity index (χ0n) is 17.4. The molecule has 0 bridgehead atoms. The first kappa shape index (κ1) is 22.0. The number of ether oxygens (including phenoxy) is 2. The Labute approximate surface area is 168 Å². The van der Waals surface area contributed by atoms with Gasteiger partial charge >= 0.3 is 12.2 Å². The molecule has 28 heavy (non-hydrogen) atoms. The van der Waals surface area contributed by atoms with Crippen molar-refractivity contribution in [3.8, 4) is 0 Å². The Bertz CT molecular complexity index is 630. The molecule has 1 N–H and O–H groups in total. The number of likely N-dealkylation sites (tertiary alicyclic amines) is 1. The molecule has 2 rings (SSSR count). The quantitative estimate of drug-likeness (QED) is 0.806. The SMILES string of the molecule is CN(CCN[C@H]1CCCN(C(=O)OCc2ccccc2)C1)C(=O)OC(C)(C)C. The molecule has 1 saturated heterocycles. The van der Waals surface area contributed by atoms with Gasteiger partial charge in [-0.15, -0.1) is 0 Å². The van der Waals surface area contributed by atoms with E-state index in [4.69, 9.17) is 9.47 Å². The van der Waals surface area contributed by atoms with E-state index < -0.39 is 5.60 Å². The Morgan fingerprint density at radius 1 is 1.25 bits per heavy atom. The molecule has 0 aliphatic carbocycles. The molecule has 0 aromatic heterocycles. The number of piperidine rings is 1. The van der Waals surface area contributed by atoms with E-state index in [-0.39, 0.29) is 24.8 Å². The third-order valence-electron chi connectivity index (χ3n) is 4.47. The minimum atomic E-state index is -0.497. The van der Waals surface area contributed by atoms with Gasteiger partial charge in [0.05, 0.1) is 0 Å². The van der Waals surface area contributed by atoms with Crippen LogP contribution in [0, 0.1) is 0 Å². The number of carbonyl (C=O) groups is 2. The molecule has 0 radical (unpaired) electrons. The largest absolute Gasteiger partial charge is 0.445 e. The Hall–Kier alpha value is -2.28. The zero-order valence-corrected chi connectivity index (χ0v) is 17.4. The van der Waals surface area contributed by atoms with Gasteiger partial charge in [-0.25, -0.2) is 9.59 Å². The van der Waals surface area contributed by atoms with Gasteiger partial charge in [0.15, 0.2) is 0 Å². The van der Waals surface area contributed by atoms with Crippen molar-refractivity contribution in [1.82, 2.24) is 15.1 Å². The van der Waals surface area contributed by atoms with Gasteiger partial charge in [-0.05, 0) is 39.2 Å². The van der Waals surface area contributed by atoms with Crippen molar-refractivity contribution in [2.75, 3.05) is 33.2 Å². The van der Waals surface area contributed by atoms with Crippen LogP contribution in [0.1, 0.15) is 39.2 Å². The maximum atomic E-state index is 12.3. The molecule has 1 aromatic carbocycles. The van der Waals surface area contributed by atoms with Crippen LogP contribution in [0.25, 0.3) is 0 Å². The number of carbonyl (C=O) groups excluding carboxylic acids is 2. The second-order valence-electron chi connectivity index (χ2n) is 8.18. The fourth-order valence-corrected chi connectivity index (χ4v) is 2.99. The number of hydrogen-bond acceptors (Lipinski definition) is 5. The lowest BCUT2D eigenvalue weighted by Crippen LogP contribution is -2.49. The van der Waals surface area contributed by atoms with E-state index in [2.05, 4.69) is 5.32 Å². The summed E-state index contributed by atoms with van der Waals surface area (Å²) in [5.74, 6) is 0. The molecule has 7 nitrogen and oxygen atoms in total. The van der Waals surface area contributed by atoms with E-state index in [0.717, 1.165) is 18.4 Å². The van der Waals surface area contributed by atoms with Crippen molar-refractivity contribution in [3.63, 3.8) is 0 Å². The second-order valence-corrected chi connectivity index (χ2v) is 8.18. The second kappa shape index (κ2) is 10.3. The number of benzene rings is 1. The van der Waals surface area contributed by atoms with Crippen LogP contribution in [0.4, 0.5) is 9.59 Å². The summed E-state index contributed by atoms with van der Waals surface area (Å²) in [5, 5.41) is 3.43. The lowest BCUT2D eigenvalue weighted by Gasteiger charge is -2.33. The van der Waals surface area contributed by atoms with Crippen LogP contribution in [-0.4, -0.2) is 66.9 Å². The highest BCUT2D eigenvalue weighted by atomic mass is 16.6. The van der Waals surface area contributed by atoms with Crippen LogP contribution in [0.15, 0.2) is 30.3 Å². The van der Waals surface area contributed by atoms with Gasteiger partial charge in [-0.2, -0.15) is 0 Å². The van der Waals surface area contributed by atoms with Crippen LogP contribution in [0.3, 0.4) is 0 Å². The predicted octanol–water partition coefficient (Wildman–Crippen LogP) is 3.24. The normalized spacial score (nSPS) is 17.1. The van der Waals surface area contributed by atoms with Gasteiger partial charge in [0.25, 0.3) is 0 Å². The summed E-state index contributed by atoms with van der Waals surface area (Å²) in [5.41, 5.74) is 0.482. The van der Waals surface area contributed by atoms with E-state index in [1.165, 1.54) is 0 Å². The molecule has 1 aliphatic rings. The maximum absolute atomic E-state index is 12.3. The summed E-state index contributed by atoms with van der Waals surface area (Å²) in [7, 11) is 1.73. The third kappa shape index (κ3) is 7.76. The third-order valence-corrected chi connectivity index (χ3v) is 4.47. The topological polar surface area (TPSA) is 71.1 Å². The van der Waals surface area contributed by atoms with Gasteiger partial charge < -0.3 is 24.6 Å². The molecule has 1 aromatic rings. The Balaban J connectivity index is 1.69. The van der Waals surface area contributed by atoms with E-state index in [1.807, 2.05) is 51.1 Å². The minimum Gasteiger partial charge on any atom is -0.445 e. The highest BCUT2D eigenvalue weighted by Crippen LogP contribution is 2.13. The fraction of sp³-hybridized carbons (Fsp3) is 0.619. The zero-order chi connectivity index (χ0) is 20.6. The molecule has 1 atom stereocenters. The van der Waals surface area contributed by atoms with E-state index in [0.29, 0.717) is 26.2 Å². The smallest absolute Gasteiger partial charge is 0.410 e. The molecule has 0 unspecified atom stereocenters. The molecule has 156 valence electrons. The first-order valence-electron chi connectivity index (χ1n) is 9.88. The summed E-state index contributed by atoms with van der Waals surface area (Å²) in [6, 6.07) is 9.87. The minimum absolute atomic E-state index is 0.199. The Morgan fingerprint density at radius 3 is 2.64 bits per heavy atom. The molecule has 0 spiro atoms. The number of rotatable bonds is 6. The molecule has 1 heterocycles. The lowest BCUT2D eigenvalue weighted by atomic mass is 10.1. The molecule has 1 fully saturated rings. The lowest BCUT2D eigenvalue weighted by molar-refractivity contribution is 0.0298. The highest BCUT2D eigenvalue weighted by Gasteiger charge is 2.25. The summed E-state index contributed by atoms with van der Waals surface area (Å²) >= 11 is 0. The number of nitrogens with one attached hydrogen (secondary N) is 1. The van der Waals surface area contributed by atoms with Gasteiger partial charge in [-0.1, -0.05) is 30.3 Å².